The van der Waals surface area contributed by atoms with Crippen LogP contribution in [0.1, 0.15) is 23.2 Å². The molecule has 1 fully saturated rings. The van der Waals surface area contributed by atoms with E-state index in [9.17, 15) is 19.7 Å². The molecule has 1 saturated heterocycles. The Kier molecular flexibility index (Phi) is 4.24. The van der Waals surface area contributed by atoms with E-state index in [0.717, 1.165) is 0 Å². The number of piperidine rings is 1. The topological polar surface area (TPSA) is 125 Å². The van der Waals surface area contributed by atoms with Crippen molar-refractivity contribution in [3.05, 3.63) is 27.8 Å². The molecule has 2 heterocycles. The first-order valence-electron chi connectivity index (χ1n) is 7.64. The number of ether oxygens (including phenoxy) is 2. The van der Waals surface area contributed by atoms with E-state index in [1.54, 1.807) is 0 Å². The van der Waals surface area contributed by atoms with Crippen molar-refractivity contribution in [2.24, 2.45) is 11.7 Å². The van der Waals surface area contributed by atoms with Gasteiger partial charge in [0.25, 0.3) is 11.6 Å². The van der Waals surface area contributed by atoms with Crippen molar-refractivity contribution < 1.29 is 24.0 Å². The van der Waals surface area contributed by atoms with Gasteiger partial charge in [0.15, 0.2) is 11.5 Å². The highest BCUT2D eigenvalue weighted by molar-refractivity contribution is 5.99. The minimum absolute atomic E-state index is 0.0732. The summed E-state index contributed by atoms with van der Waals surface area (Å²) < 4.78 is 10.9. The fourth-order valence-corrected chi connectivity index (χ4v) is 2.97. The van der Waals surface area contributed by atoms with Crippen molar-refractivity contribution in [2.75, 3.05) is 26.3 Å². The number of nitrogens with zero attached hydrogens (tertiary/aromatic N) is 2. The first kappa shape index (κ1) is 16.0. The molecule has 128 valence electrons. The summed E-state index contributed by atoms with van der Waals surface area (Å²) >= 11 is 0. The number of rotatable bonds is 3. The number of hydrogen-bond donors (Lipinski definition) is 1. The van der Waals surface area contributed by atoms with Crippen LogP contribution in [0.2, 0.25) is 0 Å². The Labute approximate surface area is 137 Å². The van der Waals surface area contributed by atoms with Gasteiger partial charge in [-0.2, -0.15) is 0 Å². The number of amides is 2. The van der Waals surface area contributed by atoms with E-state index in [0.29, 0.717) is 19.4 Å². The van der Waals surface area contributed by atoms with E-state index in [4.69, 9.17) is 15.2 Å². The van der Waals surface area contributed by atoms with Crippen molar-refractivity contribution >= 4 is 17.5 Å². The molecule has 2 aliphatic rings. The van der Waals surface area contributed by atoms with E-state index < -0.39 is 22.7 Å². The number of hydrogen-bond acceptors (Lipinski definition) is 6. The Bertz CT molecular complexity index is 705. The Hall–Kier alpha value is -2.84. The van der Waals surface area contributed by atoms with Gasteiger partial charge >= 0.3 is 0 Å². The molecule has 0 aliphatic carbocycles. The van der Waals surface area contributed by atoms with Gasteiger partial charge < -0.3 is 20.1 Å². The third-order valence-corrected chi connectivity index (χ3v) is 4.18. The number of non-ortho nitro benzene ring substituents is 1. The van der Waals surface area contributed by atoms with E-state index >= 15 is 0 Å². The lowest BCUT2D eigenvalue weighted by Gasteiger charge is -2.32. The Morgan fingerprint density at radius 1 is 1.29 bits per heavy atom. The SMILES string of the molecule is NC(=O)[C@H]1CCCN(C(=O)c2cc([N+](=O)[O-])cc3c2OCCO3)C1. The van der Waals surface area contributed by atoms with Crippen molar-refractivity contribution in [3.8, 4) is 11.5 Å². The number of fused-ring (bicyclic) bond motifs is 1. The highest BCUT2D eigenvalue weighted by Crippen LogP contribution is 2.38. The maximum Gasteiger partial charge on any atom is 0.274 e. The quantitative estimate of drug-likeness (QED) is 0.640. The van der Waals surface area contributed by atoms with Crippen LogP contribution < -0.4 is 15.2 Å². The second-order valence-electron chi connectivity index (χ2n) is 5.77. The number of carbonyl (C=O) groups excluding carboxylic acids is 2. The zero-order valence-electron chi connectivity index (χ0n) is 12.9. The molecule has 9 heteroatoms. The normalized spacial score (nSPS) is 19.7. The minimum Gasteiger partial charge on any atom is -0.486 e. The van der Waals surface area contributed by atoms with E-state index in [-0.39, 0.29) is 42.5 Å². The molecule has 2 amide bonds. The highest BCUT2D eigenvalue weighted by Gasteiger charge is 2.32. The molecule has 0 spiro atoms. The summed E-state index contributed by atoms with van der Waals surface area (Å²) in [5.74, 6) is -0.894. The molecular formula is C15H17N3O6. The zero-order valence-corrected chi connectivity index (χ0v) is 12.9. The lowest BCUT2D eigenvalue weighted by Crippen LogP contribution is -2.44. The molecular weight excluding hydrogens is 318 g/mol. The van der Waals surface area contributed by atoms with Crippen LogP contribution in [-0.4, -0.2) is 47.9 Å². The number of nitro groups is 1. The smallest absolute Gasteiger partial charge is 0.274 e. The molecule has 24 heavy (non-hydrogen) atoms. The third kappa shape index (κ3) is 2.97. The molecule has 3 rings (SSSR count). The van der Waals surface area contributed by atoms with Gasteiger partial charge in [-0.25, -0.2) is 0 Å². The molecule has 9 nitrogen and oxygen atoms in total. The monoisotopic (exact) mass is 335 g/mol. The fourth-order valence-electron chi connectivity index (χ4n) is 2.97. The molecule has 0 aromatic heterocycles. The first-order chi connectivity index (χ1) is 11.5. The van der Waals surface area contributed by atoms with Gasteiger partial charge in [0.2, 0.25) is 5.91 Å². The average molecular weight is 335 g/mol. The Balaban J connectivity index is 1.95. The first-order valence-corrected chi connectivity index (χ1v) is 7.64. The highest BCUT2D eigenvalue weighted by atomic mass is 16.6. The van der Waals surface area contributed by atoms with Gasteiger partial charge in [-0.15, -0.1) is 0 Å². The predicted molar refractivity (Wildman–Crippen MR) is 81.9 cm³/mol. The number of nitro benzene ring substituents is 1. The largest absolute Gasteiger partial charge is 0.486 e. The Morgan fingerprint density at radius 2 is 2.04 bits per heavy atom. The number of benzene rings is 1. The lowest BCUT2D eigenvalue weighted by atomic mass is 9.96. The number of primary amides is 1. The molecule has 0 radical (unpaired) electrons. The summed E-state index contributed by atoms with van der Waals surface area (Å²) in [6.07, 6.45) is 1.28. The van der Waals surface area contributed by atoms with Crippen LogP contribution >= 0.6 is 0 Å². The fraction of sp³-hybridized carbons (Fsp3) is 0.467. The van der Waals surface area contributed by atoms with Crippen molar-refractivity contribution in [2.45, 2.75) is 12.8 Å². The molecule has 0 unspecified atom stereocenters. The van der Waals surface area contributed by atoms with Crippen LogP contribution in [0.5, 0.6) is 11.5 Å². The molecule has 0 bridgehead atoms. The van der Waals surface area contributed by atoms with E-state index in [1.165, 1.54) is 17.0 Å². The molecule has 1 atom stereocenters. The summed E-state index contributed by atoms with van der Waals surface area (Å²) in [6.45, 7) is 1.18. The van der Waals surface area contributed by atoms with Crippen molar-refractivity contribution in [1.82, 2.24) is 4.90 Å². The predicted octanol–water partition coefficient (Wildman–Crippen LogP) is 0.703. The van der Waals surface area contributed by atoms with E-state index in [2.05, 4.69) is 0 Å². The number of likely N-dealkylation sites (tertiary alicyclic amines) is 1. The van der Waals surface area contributed by atoms with Crippen molar-refractivity contribution in [1.29, 1.82) is 0 Å². The zero-order chi connectivity index (χ0) is 17.3. The van der Waals surface area contributed by atoms with Gasteiger partial charge in [-0.1, -0.05) is 0 Å². The number of carbonyl (C=O) groups is 2. The van der Waals surface area contributed by atoms with Crippen molar-refractivity contribution in [3.63, 3.8) is 0 Å². The summed E-state index contributed by atoms with van der Waals surface area (Å²) in [5, 5.41) is 11.1. The summed E-state index contributed by atoms with van der Waals surface area (Å²) in [4.78, 5) is 36.2. The second-order valence-corrected chi connectivity index (χ2v) is 5.77. The maximum absolute atomic E-state index is 12.8. The summed E-state index contributed by atoms with van der Waals surface area (Å²) in [6, 6.07) is 2.43. The average Bonchev–Trinajstić information content (AvgIpc) is 2.60. The van der Waals surface area contributed by atoms with Crippen LogP contribution in [0.25, 0.3) is 0 Å². The number of nitrogens with two attached hydrogens (primary N) is 1. The molecule has 2 aliphatic heterocycles. The molecule has 0 saturated carbocycles. The molecule has 1 aromatic rings. The molecule has 2 N–H and O–H groups in total. The lowest BCUT2D eigenvalue weighted by molar-refractivity contribution is -0.385. The standard InChI is InChI=1S/C15H17N3O6/c16-14(19)9-2-1-3-17(8-9)15(20)11-6-10(18(21)22)7-12-13(11)24-5-4-23-12/h6-7,9H,1-5,8H2,(H2,16,19)/t9-/m0/s1. The van der Waals surface area contributed by atoms with Crippen LogP contribution in [0.15, 0.2) is 12.1 Å². The van der Waals surface area contributed by atoms with Crippen LogP contribution in [0.4, 0.5) is 5.69 Å². The Morgan fingerprint density at radius 3 is 2.75 bits per heavy atom. The summed E-state index contributed by atoms with van der Waals surface area (Å²) in [5.41, 5.74) is 5.16. The van der Waals surface area contributed by atoms with Gasteiger partial charge in [0.1, 0.15) is 13.2 Å². The maximum atomic E-state index is 12.8. The second kappa shape index (κ2) is 6.34. The van der Waals surface area contributed by atoms with Gasteiger partial charge in [0.05, 0.1) is 22.5 Å². The van der Waals surface area contributed by atoms with Gasteiger partial charge in [0, 0.05) is 19.2 Å². The van der Waals surface area contributed by atoms with E-state index in [1.807, 2.05) is 0 Å². The minimum atomic E-state index is -0.586. The molecule has 1 aromatic carbocycles. The van der Waals surface area contributed by atoms with Crippen LogP contribution in [0.3, 0.4) is 0 Å². The van der Waals surface area contributed by atoms with Gasteiger partial charge in [-0.05, 0) is 12.8 Å². The summed E-state index contributed by atoms with van der Waals surface area (Å²) in [7, 11) is 0. The third-order valence-electron chi connectivity index (χ3n) is 4.18. The van der Waals surface area contributed by atoms with Gasteiger partial charge in [-0.3, -0.25) is 19.7 Å². The van der Waals surface area contributed by atoms with Crippen LogP contribution in [-0.2, 0) is 4.79 Å². The van der Waals surface area contributed by atoms with Crippen LogP contribution in [0, 0.1) is 16.0 Å².